The molecule has 0 aliphatic heterocycles. The van der Waals surface area contributed by atoms with Gasteiger partial charge in [0.2, 0.25) is 0 Å². The highest BCUT2D eigenvalue weighted by Gasteiger charge is 2.02. The summed E-state index contributed by atoms with van der Waals surface area (Å²) in [5.74, 6) is 0. The summed E-state index contributed by atoms with van der Waals surface area (Å²) in [4.78, 5) is 14.8. The van der Waals surface area contributed by atoms with Crippen molar-refractivity contribution in [2.45, 2.75) is 6.42 Å². The highest BCUT2D eigenvalue weighted by Crippen LogP contribution is 2.13. The maximum Gasteiger partial charge on any atom is 0.256 e. The van der Waals surface area contributed by atoms with E-state index in [0.29, 0.717) is 0 Å². The monoisotopic (exact) mass is 258 g/mol. The van der Waals surface area contributed by atoms with Gasteiger partial charge >= 0.3 is 0 Å². The van der Waals surface area contributed by atoms with Gasteiger partial charge in [0.05, 0.1) is 0 Å². The SMILES string of the molecule is O=c1cccc2[nH]c(Cc3ccc(Cl)cc3)cn12. The van der Waals surface area contributed by atoms with Crippen LogP contribution in [0.4, 0.5) is 0 Å². The number of pyridine rings is 1. The van der Waals surface area contributed by atoms with E-state index in [9.17, 15) is 4.79 Å². The topological polar surface area (TPSA) is 37.3 Å². The Balaban J connectivity index is 1.98. The van der Waals surface area contributed by atoms with Crippen LogP contribution >= 0.6 is 11.6 Å². The number of aromatic nitrogens is 2. The van der Waals surface area contributed by atoms with Gasteiger partial charge in [-0.15, -0.1) is 0 Å². The lowest BCUT2D eigenvalue weighted by Crippen LogP contribution is -2.08. The summed E-state index contributed by atoms with van der Waals surface area (Å²) in [5, 5.41) is 0.728. The molecule has 90 valence electrons. The van der Waals surface area contributed by atoms with E-state index in [2.05, 4.69) is 4.98 Å². The second-order valence-electron chi connectivity index (χ2n) is 4.20. The van der Waals surface area contributed by atoms with Gasteiger partial charge in [0, 0.05) is 29.4 Å². The second kappa shape index (κ2) is 4.35. The normalized spacial score (nSPS) is 10.9. The van der Waals surface area contributed by atoms with Crippen LogP contribution in [0.15, 0.2) is 53.5 Å². The van der Waals surface area contributed by atoms with E-state index >= 15 is 0 Å². The van der Waals surface area contributed by atoms with E-state index in [-0.39, 0.29) is 5.56 Å². The van der Waals surface area contributed by atoms with Gasteiger partial charge < -0.3 is 4.98 Å². The van der Waals surface area contributed by atoms with E-state index in [1.54, 1.807) is 16.5 Å². The number of aromatic amines is 1. The van der Waals surface area contributed by atoms with E-state index in [4.69, 9.17) is 11.6 Å². The highest BCUT2D eigenvalue weighted by molar-refractivity contribution is 6.30. The van der Waals surface area contributed by atoms with Crippen molar-refractivity contribution in [3.05, 3.63) is 75.3 Å². The molecule has 2 aromatic heterocycles. The molecule has 0 radical (unpaired) electrons. The Hall–Kier alpha value is -2.00. The molecule has 2 heterocycles. The summed E-state index contributed by atoms with van der Waals surface area (Å²) in [5.41, 5.74) is 2.94. The minimum Gasteiger partial charge on any atom is -0.343 e. The summed E-state index contributed by atoms with van der Waals surface area (Å²) >= 11 is 5.85. The number of nitrogens with zero attached hydrogens (tertiary/aromatic N) is 1. The van der Waals surface area contributed by atoms with Crippen LogP contribution in [-0.2, 0) is 6.42 Å². The maximum absolute atomic E-state index is 11.6. The number of H-pyrrole nitrogens is 1. The predicted octanol–water partition coefficient (Wildman–Crippen LogP) is 2.87. The number of imidazole rings is 1. The molecule has 0 aliphatic rings. The van der Waals surface area contributed by atoms with Crippen LogP contribution in [-0.4, -0.2) is 9.38 Å². The Morgan fingerprint density at radius 1 is 1.11 bits per heavy atom. The molecule has 0 saturated heterocycles. The average molecular weight is 259 g/mol. The zero-order chi connectivity index (χ0) is 12.5. The van der Waals surface area contributed by atoms with Crippen molar-refractivity contribution in [1.82, 2.24) is 9.38 Å². The van der Waals surface area contributed by atoms with Gasteiger partial charge in [0.1, 0.15) is 5.65 Å². The predicted molar refractivity (Wildman–Crippen MR) is 72.3 cm³/mol. The Morgan fingerprint density at radius 2 is 1.89 bits per heavy atom. The van der Waals surface area contributed by atoms with Crippen molar-refractivity contribution < 1.29 is 0 Å². The third kappa shape index (κ3) is 2.05. The number of halogens is 1. The van der Waals surface area contributed by atoms with Crippen LogP contribution in [0.5, 0.6) is 0 Å². The molecule has 4 heteroatoms. The van der Waals surface area contributed by atoms with Gasteiger partial charge in [-0.2, -0.15) is 0 Å². The number of fused-ring (bicyclic) bond motifs is 1. The molecule has 3 aromatic rings. The van der Waals surface area contributed by atoms with Gasteiger partial charge in [-0.05, 0) is 23.8 Å². The Morgan fingerprint density at radius 3 is 2.61 bits per heavy atom. The third-order valence-electron chi connectivity index (χ3n) is 2.87. The van der Waals surface area contributed by atoms with Crippen molar-refractivity contribution in [3.8, 4) is 0 Å². The first-order valence-electron chi connectivity index (χ1n) is 5.66. The lowest BCUT2D eigenvalue weighted by Gasteiger charge is -1.98. The smallest absolute Gasteiger partial charge is 0.256 e. The number of benzene rings is 1. The van der Waals surface area contributed by atoms with Crippen molar-refractivity contribution in [2.75, 3.05) is 0 Å². The highest BCUT2D eigenvalue weighted by atomic mass is 35.5. The molecular formula is C14H11ClN2O. The zero-order valence-corrected chi connectivity index (χ0v) is 10.3. The average Bonchev–Trinajstić information content (AvgIpc) is 2.76. The molecule has 0 amide bonds. The van der Waals surface area contributed by atoms with Crippen LogP contribution in [0.1, 0.15) is 11.3 Å². The van der Waals surface area contributed by atoms with Crippen molar-refractivity contribution in [2.24, 2.45) is 0 Å². The summed E-state index contributed by atoms with van der Waals surface area (Å²) < 4.78 is 1.62. The number of hydrogen-bond acceptors (Lipinski definition) is 1. The molecular weight excluding hydrogens is 248 g/mol. The minimum atomic E-state index is -0.0221. The molecule has 1 aromatic carbocycles. The van der Waals surface area contributed by atoms with E-state index < -0.39 is 0 Å². The van der Waals surface area contributed by atoms with Crippen LogP contribution in [0.3, 0.4) is 0 Å². The van der Waals surface area contributed by atoms with Gasteiger partial charge in [0.25, 0.3) is 5.56 Å². The van der Waals surface area contributed by atoms with Gasteiger partial charge in [0.15, 0.2) is 0 Å². The van der Waals surface area contributed by atoms with Crippen molar-refractivity contribution >= 4 is 17.2 Å². The molecule has 0 bridgehead atoms. The molecule has 0 fully saturated rings. The molecule has 0 aliphatic carbocycles. The van der Waals surface area contributed by atoms with E-state index in [0.717, 1.165) is 28.3 Å². The summed E-state index contributed by atoms with van der Waals surface area (Å²) in [6, 6.07) is 12.9. The maximum atomic E-state index is 11.6. The quantitative estimate of drug-likeness (QED) is 0.754. The lowest BCUT2D eigenvalue weighted by molar-refractivity contribution is 1.09. The molecule has 0 spiro atoms. The van der Waals surface area contributed by atoms with Gasteiger partial charge in [-0.1, -0.05) is 29.8 Å². The van der Waals surface area contributed by atoms with Crippen LogP contribution < -0.4 is 5.56 Å². The Labute approximate surface area is 109 Å². The second-order valence-corrected chi connectivity index (χ2v) is 4.64. The molecule has 0 atom stereocenters. The largest absolute Gasteiger partial charge is 0.343 e. The van der Waals surface area contributed by atoms with Gasteiger partial charge in [-0.25, -0.2) is 0 Å². The van der Waals surface area contributed by atoms with Crippen LogP contribution in [0.2, 0.25) is 5.02 Å². The molecule has 3 nitrogen and oxygen atoms in total. The standard InChI is InChI=1S/C14H11ClN2O/c15-11-6-4-10(5-7-11)8-12-9-17-13(16-12)2-1-3-14(17)18/h1-7,9,16H,8H2. The van der Waals surface area contributed by atoms with E-state index in [1.807, 2.05) is 36.5 Å². The molecule has 0 saturated carbocycles. The Bertz CT molecular complexity index is 740. The Kier molecular flexibility index (Phi) is 2.68. The fourth-order valence-electron chi connectivity index (χ4n) is 2.00. The van der Waals surface area contributed by atoms with Gasteiger partial charge in [-0.3, -0.25) is 9.20 Å². The first-order chi connectivity index (χ1) is 8.72. The van der Waals surface area contributed by atoms with Crippen molar-refractivity contribution in [3.63, 3.8) is 0 Å². The third-order valence-corrected chi connectivity index (χ3v) is 3.12. The molecule has 1 N–H and O–H groups in total. The first kappa shape index (κ1) is 11.1. The van der Waals surface area contributed by atoms with Crippen molar-refractivity contribution in [1.29, 1.82) is 0 Å². The number of hydrogen-bond donors (Lipinski definition) is 1. The zero-order valence-electron chi connectivity index (χ0n) is 9.56. The summed E-state index contributed by atoms with van der Waals surface area (Å²) in [6.45, 7) is 0. The first-order valence-corrected chi connectivity index (χ1v) is 6.04. The number of rotatable bonds is 2. The molecule has 3 rings (SSSR count). The van der Waals surface area contributed by atoms with Crippen LogP contribution in [0, 0.1) is 0 Å². The van der Waals surface area contributed by atoms with E-state index in [1.165, 1.54) is 0 Å². The fourth-order valence-corrected chi connectivity index (χ4v) is 2.13. The lowest BCUT2D eigenvalue weighted by atomic mass is 10.1. The minimum absolute atomic E-state index is 0.0221. The fraction of sp³-hybridized carbons (Fsp3) is 0.0714. The summed E-state index contributed by atoms with van der Waals surface area (Å²) in [7, 11) is 0. The number of nitrogens with one attached hydrogen (secondary N) is 1. The van der Waals surface area contributed by atoms with Crippen LogP contribution in [0.25, 0.3) is 5.65 Å². The molecule has 18 heavy (non-hydrogen) atoms. The summed E-state index contributed by atoms with van der Waals surface area (Å²) in [6.07, 6.45) is 2.59. The molecule has 0 unspecified atom stereocenters.